The summed E-state index contributed by atoms with van der Waals surface area (Å²) in [5.41, 5.74) is 2.06. The first-order chi connectivity index (χ1) is 7.63. The second-order valence-electron chi connectivity index (χ2n) is 5.47. The van der Waals surface area contributed by atoms with Crippen LogP contribution in [0.15, 0.2) is 6.07 Å². The molecule has 0 aliphatic heterocycles. The van der Waals surface area contributed by atoms with Crippen LogP contribution in [0.25, 0.3) is 0 Å². The van der Waals surface area contributed by atoms with E-state index in [1.165, 1.54) is 6.42 Å². The Morgan fingerprint density at radius 2 is 2.12 bits per heavy atom. The van der Waals surface area contributed by atoms with Crippen LogP contribution < -0.4 is 0 Å². The van der Waals surface area contributed by atoms with Gasteiger partial charge in [-0.25, -0.2) is 0 Å². The molecule has 0 saturated heterocycles. The summed E-state index contributed by atoms with van der Waals surface area (Å²) < 4.78 is 1.84. The lowest BCUT2D eigenvalue weighted by molar-refractivity contribution is -0.122. The number of nitrogens with zero attached hydrogens (tertiary/aromatic N) is 2. The lowest BCUT2D eigenvalue weighted by atomic mass is 9.95. The number of Topliss-reactive ketones (excluding diaryl/α,β-unsaturated/α-hetero) is 1. The smallest absolute Gasteiger partial charge is 0.141 e. The van der Waals surface area contributed by atoms with E-state index >= 15 is 0 Å². The Morgan fingerprint density at radius 1 is 1.44 bits per heavy atom. The van der Waals surface area contributed by atoms with Gasteiger partial charge in [0, 0.05) is 25.1 Å². The number of rotatable bonds is 3. The van der Waals surface area contributed by atoms with Crippen molar-refractivity contribution in [2.24, 2.45) is 24.8 Å². The standard InChI is InChI=1S/C13H18N2O/c1-8-3-12(15(2)14-8)7-13(16)11-5-9-4-10(9)6-11/h3,9-11H,4-7H2,1-2H3. The van der Waals surface area contributed by atoms with E-state index in [0.717, 1.165) is 36.1 Å². The lowest BCUT2D eigenvalue weighted by Crippen LogP contribution is -2.17. The normalized spacial score (nSPS) is 31.5. The molecule has 1 aromatic heterocycles. The zero-order valence-electron chi connectivity index (χ0n) is 9.94. The van der Waals surface area contributed by atoms with Crippen molar-refractivity contribution in [1.29, 1.82) is 0 Å². The van der Waals surface area contributed by atoms with Crippen molar-refractivity contribution in [3.63, 3.8) is 0 Å². The third-order valence-electron chi connectivity index (χ3n) is 4.15. The van der Waals surface area contributed by atoms with Gasteiger partial charge in [0.1, 0.15) is 5.78 Å². The molecule has 1 heterocycles. The molecule has 0 bridgehead atoms. The fourth-order valence-electron chi connectivity index (χ4n) is 3.13. The van der Waals surface area contributed by atoms with Crippen LogP contribution in [0.2, 0.25) is 0 Å². The minimum Gasteiger partial charge on any atom is -0.299 e. The van der Waals surface area contributed by atoms with Gasteiger partial charge in [0.15, 0.2) is 0 Å². The highest BCUT2D eigenvalue weighted by molar-refractivity contribution is 5.83. The summed E-state index contributed by atoms with van der Waals surface area (Å²) in [6.07, 6.45) is 4.26. The first-order valence-corrected chi connectivity index (χ1v) is 6.15. The Hall–Kier alpha value is -1.12. The van der Waals surface area contributed by atoms with Crippen molar-refractivity contribution in [2.45, 2.75) is 32.6 Å². The van der Waals surface area contributed by atoms with Crippen molar-refractivity contribution in [2.75, 3.05) is 0 Å². The highest BCUT2D eigenvalue weighted by atomic mass is 16.1. The highest BCUT2D eigenvalue weighted by Crippen LogP contribution is 2.54. The topological polar surface area (TPSA) is 34.9 Å². The zero-order valence-corrected chi connectivity index (χ0v) is 9.94. The maximum absolute atomic E-state index is 12.1. The van der Waals surface area contributed by atoms with Crippen LogP contribution in [0, 0.1) is 24.7 Å². The summed E-state index contributed by atoms with van der Waals surface area (Å²) >= 11 is 0. The van der Waals surface area contributed by atoms with E-state index < -0.39 is 0 Å². The minimum atomic E-state index is 0.346. The molecule has 1 aromatic rings. The Kier molecular flexibility index (Phi) is 2.16. The van der Waals surface area contributed by atoms with E-state index in [1.807, 2.05) is 24.7 Å². The van der Waals surface area contributed by atoms with Gasteiger partial charge in [-0.15, -0.1) is 0 Å². The van der Waals surface area contributed by atoms with Crippen LogP contribution in [-0.4, -0.2) is 15.6 Å². The van der Waals surface area contributed by atoms with Gasteiger partial charge in [0.25, 0.3) is 0 Å². The monoisotopic (exact) mass is 218 g/mol. The largest absolute Gasteiger partial charge is 0.299 e. The number of hydrogen-bond acceptors (Lipinski definition) is 2. The fourth-order valence-corrected chi connectivity index (χ4v) is 3.13. The third kappa shape index (κ3) is 1.68. The Morgan fingerprint density at radius 3 is 2.69 bits per heavy atom. The van der Waals surface area contributed by atoms with Crippen molar-refractivity contribution in [1.82, 2.24) is 9.78 Å². The first kappa shape index (κ1) is 10.1. The molecule has 2 saturated carbocycles. The van der Waals surface area contributed by atoms with Gasteiger partial charge in [-0.3, -0.25) is 9.48 Å². The summed E-state index contributed by atoms with van der Waals surface area (Å²) in [7, 11) is 1.92. The number of carbonyl (C=O) groups is 1. The maximum atomic E-state index is 12.1. The fraction of sp³-hybridized carbons (Fsp3) is 0.692. The molecule has 2 aliphatic carbocycles. The maximum Gasteiger partial charge on any atom is 0.141 e. The molecule has 2 atom stereocenters. The average molecular weight is 218 g/mol. The van der Waals surface area contributed by atoms with Crippen molar-refractivity contribution in [3.05, 3.63) is 17.5 Å². The number of aryl methyl sites for hydroxylation is 2. The van der Waals surface area contributed by atoms with E-state index in [2.05, 4.69) is 5.10 Å². The predicted molar refractivity (Wildman–Crippen MR) is 61.0 cm³/mol. The van der Waals surface area contributed by atoms with Crippen molar-refractivity contribution < 1.29 is 4.79 Å². The molecule has 0 amide bonds. The van der Waals surface area contributed by atoms with Crippen LogP contribution in [0.5, 0.6) is 0 Å². The number of fused-ring (bicyclic) bond motifs is 1. The van der Waals surface area contributed by atoms with Crippen LogP contribution >= 0.6 is 0 Å². The number of ketones is 1. The van der Waals surface area contributed by atoms with Crippen molar-refractivity contribution >= 4 is 5.78 Å². The van der Waals surface area contributed by atoms with Gasteiger partial charge in [-0.05, 0) is 44.1 Å². The molecule has 86 valence electrons. The average Bonchev–Trinajstić information content (AvgIpc) is 2.70. The Labute approximate surface area is 95.8 Å². The van der Waals surface area contributed by atoms with Gasteiger partial charge in [0.2, 0.25) is 0 Å². The first-order valence-electron chi connectivity index (χ1n) is 6.15. The molecule has 3 rings (SSSR count). The summed E-state index contributed by atoms with van der Waals surface area (Å²) in [5.74, 6) is 2.55. The Bertz CT molecular complexity index is 425. The summed E-state index contributed by atoms with van der Waals surface area (Å²) in [6, 6.07) is 2.02. The van der Waals surface area contributed by atoms with E-state index in [9.17, 15) is 4.79 Å². The molecule has 0 radical (unpaired) electrons. The summed E-state index contributed by atoms with van der Waals surface area (Å²) in [6.45, 7) is 1.97. The van der Waals surface area contributed by atoms with Gasteiger partial charge < -0.3 is 0 Å². The Balaban J connectivity index is 1.66. The van der Waals surface area contributed by atoms with E-state index in [1.54, 1.807) is 0 Å². The van der Waals surface area contributed by atoms with Gasteiger partial charge in [-0.1, -0.05) is 0 Å². The molecule has 2 unspecified atom stereocenters. The van der Waals surface area contributed by atoms with Crippen LogP contribution in [0.3, 0.4) is 0 Å². The van der Waals surface area contributed by atoms with Gasteiger partial charge in [-0.2, -0.15) is 5.10 Å². The van der Waals surface area contributed by atoms with E-state index in [0.29, 0.717) is 18.1 Å². The molecule has 2 fully saturated rings. The van der Waals surface area contributed by atoms with Crippen LogP contribution in [0.4, 0.5) is 0 Å². The minimum absolute atomic E-state index is 0.346. The molecular formula is C13H18N2O. The SMILES string of the molecule is Cc1cc(CC(=O)C2CC3CC3C2)n(C)n1. The van der Waals surface area contributed by atoms with Gasteiger partial charge >= 0.3 is 0 Å². The third-order valence-corrected chi connectivity index (χ3v) is 4.15. The molecule has 0 N–H and O–H groups in total. The second kappa shape index (κ2) is 3.44. The number of carbonyl (C=O) groups excluding carboxylic acids is 1. The summed E-state index contributed by atoms with van der Waals surface area (Å²) in [4.78, 5) is 12.1. The molecule has 3 heteroatoms. The zero-order chi connectivity index (χ0) is 11.3. The molecular weight excluding hydrogens is 200 g/mol. The van der Waals surface area contributed by atoms with Crippen molar-refractivity contribution in [3.8, 4) is 0 Å². The van der Waals surface area contributed by atoms with E-state index in [-0.39, 0.29) is 0 Å². The van der Waals surface area contributed by atoms with Crippen LogP contribution in [0.1, 0.15) is 30.7 Å². The van der Waals surface area contributed by atoms with Crippen LogP contribution in [-0.2, 0) is 18.3 Å². The van der Waals surface area contributed by atoms with E-state index in [4.69, 9.17) is 0 Å². The lowest BCUT2D eigenvalue weighted by Gasteiger charge is -2.10. The summed E-state index contributed by atoms with van der Waals surface area (Å²) in [5, 5.41) is 4.28. The molecule has 16 heavy (non-hydrogen) atoms. The number of hydrogen-bond donors (Lipinski definition) is 0. The molecule has 0 aromatic carbocycles. The number of aromatic nitrogens is 2. The van der Waals surface area contributed by atoms with Gasteiger partial charge in [0.05, 0.1) is 5.69 Å². The molecule has 3 nitrogen and oxygen atoms in total. The molecule has 0 spiro atoms. The predicted octanol–water partition coefficient (Wildman–Crippen LogP) is 1.89. The molecule has 2 aliphatic rings. The quantitative estimate of drug-likeness (QED) is 0.776. The highest BCUT2D eigenvalue weighted by Gasteiger charge is 2.47. The second-order valence-corrected chi connectivity index (χ2v) is 5.47.